The van der Waals surface area contributed by atoms with E-state index < -0.39 is 0 Å². The van der Waals surface area contributed by atoms with Crippen LogP contribution in [0.25, 0.3) is 0 Å². The highest BCUT2D eigenvalue weighted by Crippen LogP contribution is 2.20. The molecule has 1 aliphatic heterocycles. The highest BCUT2D eigenvalue weighted by molar-refractivity contribution is 5.99. The van der Waals surface area contributed by atoms with E-state index in [2.05, 4.69) is 28.5 Å². The number of methoxy groups -OCH3 is 1. The van der Waals surface area contributed by atoms with Gasteiger partial charge in [0, 0.05) is 26.2 Å². The Morgan fingerprint density at radius 2 is 1.75 bits per heavy atom. The van der Waals surface area contributed by atoms with Crippen molar-refractivity contribution < 1.29 is 9.53 Å². The zero-order valence-corrected chi connectivity index (χ0v) is 16.3. The van der Waals surface area contributed by atoms with Gasteiger partial charge in [-0.15, -0.1) is 13.2 Å². The smallest absolute Gasteiger partial charge is 0.257 e. The molecule has 28 heavy (non-hydrogen) atoms. The summed E-state index contributed by atoms with van der Waals surface area (Å²) in [5.74, 6) is 1.43. The maximum absolute atomic E-state index is 12.8. The van der Waals surface area contributed by atoms with Crippen molar-refractivity contribution in [3.8, 4) is 5.75 Å². The van der Waals surface area contributed by atoms with E-state index in [0.717, 1.165) is 0 Å². The predicted octanol–water partition coefficient (Wildman–Crippen LogP) is 1.09. The van der Waals surface area contributed by atoms with E-state index in [1.54, 1.807) is 31.4 Å². The van der Waals surface area contributed by atoms with E-state index in [9.17, 15) is 4.79 Å². The second kappa shape index (κ2) is 10.8. The third-order valence-electron chi connectivity index (χ3n) is 4.20. The number of piperazine rings is 1. The van der Waals surface area contributed by atoms with Crippen LogP contribution in [-0.2, 0) is 0 Å². The molecule has 2 rings (SSSR count). The van der Waals surface area contributed by atoms with Gasteiger partial charge in [-0.3, -0.25) is 10.1 Å². The molecule has 0 aromatic heterocycles. The van der Waals surface area contributed by atoms with Crippen molar-refractivity contribution in [3.05, 3.63) is 55.1 Å². The number of ether oxygens (including phenoxy) is 1. The first-order chi connectivity index (χ1) is 13.6. The summed E-state index contributed by atoms with van der Waals surface area (Å²) in [5.41, 5.74) is 6.47. The Morgan fingerprint density at radius 1 is 1.14 bits per heavy atom. The summed E-state index contributed by atoms with van der Waals surface area (Å²) in [7, 11) is 1.57. The summed E-state index contributed by atoms with van der Waals surface area (Å²) in [5, 5.41) is 3.03. The van der Waals surface area contributed by atoms with Crippen molar-refractivity contribution in [2.45, 2.75) is 0 Å². The fraction of sp³-hybridized carbons (Fsp3) is 0.350. The molecule has 1 heterocycles. The monoisotopic (exact) mass is 384 g/mol. The Labute approximate surface area is 166 Å². The SMILES string of the molecule is C=CCN=C(N)NC(=NCC=C)N1CCN(C(=O)c2ccccc2OC)CC1. The van der Waals surface area contributed by atoms with Crippen LogP contribution in [0, 0.1) is 0 Å². The molecule has 0 atom stereocenters. The Kier molecular flexibility index (Phi) is 8.08. The maximum atomic E-state index is 12.8. The number of nitrogens with two attached hydrogens (primary N) is 1. The molecule has 1 aliphatic rings. The van der Waals surface area contributed by atoms with Crippen LogP contribution in [0.2, 0.25) is 0 Å². The van der Waals surface area contributed by atoms with Crippen LogP contribution in [-0.4, -0.2) is 74.0 Å². The lowest BCUT2D eigenvalue weighted by atomic mass is 10.1. The van der Waals surface area contributed by atoms with Crippen LogP contribution in [0.5, 0.6) is 5.75 Å². The first-order valence-corrected chi connectivity index (χ1v) is 9.11. The number of aliphatic imine (C=N–C) groups is 2. The van der Waals surface area contributed by atoms with Crippen molar-refractivity contribution in [2.75, 3.05) is 46.4 Å². The Morgan fingerprint density at radius 3 is 2.39 bits per heavy atom. The summed E-state index contributed by atoms with van der Waals surface area (Å²) in [6.45, 7) is 10.6. The van der Waals surface area contributed by atoms with E-state index in [1.807, 2.05) is 21.9 Å². The molecule has 0 saturated carbocycles. The van der Waals surface area contributed by atoms with E-state index >= 15 is 0 Å². The standard InChI is InChI=1S/C20H28N6O2/c1-4-10-22-19(21)24-20(23-11-5-2)26-14-12-25(13-15-26)18(27)16-8-6-7-9-17(16)28-3/h4-9H,1-2,10-15H2,3H3,(H3,21,22,23,24). The van der Waals surface area contributed by atoms with Crippen molar-refractivity contribution in [1.82, 2.24) is 15.1 Å². The van der Waals surface area contributed by atoms with Gasteiger partial charge in [-0.2, -0.15) is 0 Å². The number of hydrogen-bond acceptors (Lipinski definition) is 4. The van der Waals surface area contributed by atoms with Gasteiger partial charge in [0.1, 0.15) is 5.75 Å². The summed E-state index contributed by atoms with van der Waals surface area (Å²) >= 11 is 0. The summed E-state index contributed by atoms with van der Waals surface area (Å²) in [6, 6.07) is 7.25. The molecule has 0 radical (unpaired) electrons. The lowest BCUT2D eigenvalue weighted by molar-refractivity contribution is 0.0687. The minimum Gasteiger partial charge on any atom is -0.496 e. The van der Waals surface area contributed by atoms with Gasteiger partial charge in [0.05, 0.1) is 25.8 Å². The molecular formula is C20H28N6O2. The van der Waals surface area contributed by atoms with Gasteiger partial charge in [-0.1, -0.05) is 24.3 Å². The van der Waals surface area contributed by atoms with Crippen molar-refractivity contribution in [1.29, 1.82) is 0 Å². The number of carbonyl (C=O) groups excluding carboxylic acids is 1. The number of nitrogens with one attached hydrogen (secondary N) is 1. The van der Waals surface area contributed by atoms with Gasteiger partial charge in [0.2, 0.25) is 5.96 Å². The second-order valence-electron chi connectivity index (χ2n) is 6.07. The third-order valence-corrected chi connectivity index (χ3v) is 4.20. The number of amides is 1. The highest BCUT2D eigenvalue weighted by Gasteiger charge is 2.25. The van der Waals surface area contributed by atoms with Crippen LogP contribution in [0.1, 0.15) is 10.4 Å². The van der Waals surface area contributed by atoms with E-state index in [0.29, 0.717) is 56.5 Å². The number of hydrogen-bond donors (Lipinski definition) is 2. The molecule has 1 aromatic rings. The fourth-order valence-corrected chi connectivity index (χ4v) is 2.80. The molecule has 0 spiro atoms. The Hall–Kier alpha value is -3.29. The average Bonchev–Trinajstić information content (AvgIpc) is 2.74. The normalized spacial score (nSPS) is 15.2. The molecule has 3 N–H and O–H groups in total. The van der Waals surface area contributed by atoms with Crippen LogP contribution >= 0.6 is 0 Å². The molecule has 1 amide bonds. The molecule has 0 bridgehead atoms. The van der Waals surface area contributed by atoms with Crippen molar-refractivity contribution in [3.63, 3.8) is 0 Å². The first kappa shape index (κ1) is 21.0. The number of nitrogens with zero attached hydrogens (tertiary/aromatic N) is 4. The predicted molar refractivity (Wildman–Crippen MR) is 113 cm³/mol. The number of rotatable bonds is 6. The largest absolute Gasteiger partial charge is 0.496 e. The molecule has 1 fully saturated rings. The third kappa shape index (κ3) is 5.60. The van der Waals surface area contributed by atoms with Gasteiger partial charge in [-0.25, -0.2) is 9.98 Å². The lowest BCUT2D eigenvalue weighted by Gasteiger charge is -2.36. The van der Waals surface area contributed by atoms with Gasteiger partial charge < -0.3 is 20.3 Å². The molecule has 150 valence electrons. The van der Waals surface area contributed by atoms with E-state index in [-0.39, 0.29) is 11.9 Å². The van der Waals surface area contributed by atoms with Crippen LogP contribution in [0.3, 0.4) is 0 Å². The van der Waals surface area contributed by atoms with Crippen LogP contribution < -0.4 is 15.8 Å². The molecule has 1 aromatic carbocycles. The number of guanidine groups is 2. The van der Waals surface area contributed by atoms with E-state index in [4.69, 9.17) is 10.5 Å². The number of benzene rings is 1. The molecule has 0 unspecified atom stereocenters. The minimum atomic E-state index is -0.0401. The highest BCUT2D eigenvalue weighted by atomic mass is 16.5. The average molecular weight is 384 g/mol. The molecule has 8 nitrogen and oxygen atoms in total. The molecule has 8 heteroatoms. The summed E-state index contributed by atoms with van der Waals surface area (Å²) in [4.78, 5) is 25.3. The number of carbonyl (C=O) groups is 1. The van der Waals surface area contributed by atoms with Gasteiger partial charge in [0.15, 0.2) is 5.96 Å². The van der Waals surface area contributed by atoms with Gasteiger partial charge in [0.25, 0.3) is 5.91 Å². The van der Waals surface area contributed by atoms with Gasteiger partial charge in [-0.05, 0) is 12.1 Å². The first-order valence-electron chi connectivity index (χ1n) is 9.11. The molecule has 1 saturated heterocycles. The molecule has 0 aliphatic carbocycles. The zero-order chi connectivity index (χ0) is 20.4. The zero-order valence-electron chi connectivity index (χ0n) is 16.3. The molecular weight excluding hydrogens is 356 g/mol. The van der Waals surface area contributed by atoms with Gasteiger partial charge >= 0.3 is 0 Å². The van der Waals surface area contributed by atoms with Crippen LogP contribution in [0.4, 0.5) is 0 Å². The van der Waals surface area contributed by atoms with E-state index in [1.165, 1.54) is 0 Å². The van der Waals surface area contributed by atoms with Crippen molar-refractivity contribution >= 4 is 17.8 Å². The van der Waals surface area contributed by atoms with Crippen molar-refractivity contribution in [2.24, 2.45) is 15.7 Å². The quantitative estimate of drug-likeness (QED) is 0.435. The summed E-state index contributed by atoms with van der Waals surface area (Å²) < 4.78 is 5.31. The fourth-order valence-electron chi connectivity index (χ4n) is 2.80. The second-order valence-corrected chi connectivity index (χ2v) is 6.07. The Balaban J connectivity index is 2.04. The number of para-hydroxylation sites is 1. The maximum Gasteiger partial charge on any atom is 0.257 e. The minimum absolute atomic E-state index is 0.0401. The lowest BCUT2D eigenvalue weighted by Crippen LogP contribution is -2.55. The topological polar surface area (TPSA) is 95.5 Å². The summed E-state index contributed by atoms with van der Waals surface area (Å²) in [6.07, 6.45) is 3.37. The Bertz CT molecular complexity index is 751. The van der Waals surface area contributed by atoms with Crippen LogP contribution in [0.15, 0.2) is 59.6 Å².